The maximum atomic E-state index is 13.7. The average Bonchev–Trinajstić information content (AvgIpc) is 2.67. The number of nitrogens with zero attached hydrogens (tertiary/aromatic N) is 1. The molecule has 20 heavy (non-hydrogen) atoms. The van der Waals surface area contributed by atoms with Crippen LogP contribution in [0, 0.1) is 11.6 Å². The summed E-state index contributed by atoms with van der Waals surface area (Å²) in [6.45, 7) is 0. The van der Waals surface area contributed by atoms with E-state index >= 15 is 0 Å². The molecule has 0 bridgehead atoms. The molecule has 1 fully saturated rings. The second kappa shape index (κ2) is 5.40. The highest BCUT2D eigenvalue weighted by molar-refractivity contribution is 9.10. The van der Waals surface area contributed by atoms with Gasteiger partial charge >= 0.3 is 0 Å². The zero-order valence-corrected chi connectivity index (χ0v) is 13.0. The summed E-state index contributed by atoms with van der Waals surface area (Å²) in [5.41, 5.74) is -0.667. The van der Waals surface area contributed by atoms with E-state index in [1.807, 2.05) is 0 Å². The van der Waals surface area contributed by atoms with Crippen molar-refractivity contribution in [3.63, 3.8) is 0 Å². The van der Waals surface area contributed by atoms with Crippen LogP contribution in [0.5, 0.6) is 0 Å². The summed E-state index contributed by atoms with van der Waals surface area (Å²) in [7, 11) is -1.82. The zero-order chi connectivity index (χ0) is 15.1. The quantitative estimate of drug-likeness (QED) is 0.802. The number of amides is 1. The lowest BCUT2D eigenvalue weighted by atomic mass is 10.1. The van der Waals surface area contributed by atoms with Gasteiger partial charge in [0.15, 0.2) is 9.84 Å². The summed E-state index contributed by atoms with van der Waals surface area (Å²) in [4.78, 5) is 13.2. The van der Waals surface area contributed by atoms with E-state index in [0.29, 0.717) is 0 Å². The predicted molar refractivity (Wildman–Crippen MR) is 73.2 cm³/mol. The van der Waals surface area contributed by atoms with Gasteiger partial charge in [0.2, 0.25) is 0 Å². The zero-order valence-electron chi connectivity index (χ0n) is 10.6. The highest BCUT2D eigenvalue weighted by Gasteiger charge is 2.34. The minimum absolute atomic E-state index is 0.0133. The molecule has 1 aliphatic rings. The van der Waals surface area contributed by atoms with Gasteiger partial charge in [-0.05, 0) is 18.6 Å². The van der Waals surface area contributed by atoms with Crippen molar-refractivity contribution in [2.24, 2.45) is 0 Å². The third-order valence-corrected chi connectivity index (χ3v) is 5.51. The summed E-state index contributed by atoms with van der Waals surface area (Å²) < 4.78 is 50.4. The van der Waals surface area contributed by atoms with Gasteiger partial charge in [-0.3, -0.25) is 4.79 Å². The van der Waals surface area contributed by atoms with Crippen LogP contribution in [0.4, 0.5) is 8.78 Å². The summed E-state index contributed by atoms with van der Waals surface area (Å²) in [5.74, 6) is -2.99. The van der Waals surface area contributed by atoms with Gasteiger partial charge in [0.05, 0.1) is 11.5 Å². The highest BCUT2D eigenvalue weighted by atomic mass is 79.9. The molecule has 0 radical (unpaired) electrons. The van der Waals surface area contributed by atoms with Crippen LogP contribution >= 0.6 is 15.9 Å². The normalized spacial score (nSPS) is 20.9. The summed E-state index contributed by atoms with van der Waals surface area (Å²) in [5, 5.41) is 0. The van der Waals surface area contributed by atoms with Crippen LogP contribution in [0.25, 0.3) is 0 Å². The predicted octanol–water partition coefficient (Wildman–Crippen LogP) is 1.99. The molecule has 8 heteroatoms. The fourth-order valence-corrected chi connectivity index (χ4v) is 4.35. The molecule has 2 rings (SSSR count). The van der Waals surface area contributed by atoms with E-state index < -0.39 is 39.0 Å². The van der Waals surface area contributed by atoms with E-state index in [0.717, 1.165) is 17.0 Å². The van der Waals surface area contributed by atoms with Gasteiger partial charge in [-0.2, -0.15) is 0 Å². The first-order chi connectivity index (χ1) is 9.21. The molecule has 1 saturated heterocycles. The lowest BCUT2D eigenvalue weighted by Crippen LogP contribution is -2.38. The molecule has 0 aliphatic carbocycles. The second-order valence-electron chi connectivity index (χ2n) is 4.72. The number of hydrogen-bond donors (Lipinski definition) is 0. The Morgan fingerprint density at radius 3 is 2.35 bits per heavy atom. The lowest BCUT2D eigenvalue weighted by molar-refractivity contribution is 0.0738. The first-order valence-electron chi connectivity index (χ1n) is 5.83. The number of halogens is 3. The highest BCUT2D eigenvalue weighted by Crippen LogP contribution is 2.23. The average molecular weight is 368 g/mol. The maximum Gasteiger partial charge on any atom is 0.259 e. The fraction of sp³-hybridized carbons (Fsp3) is 0.417. The number of benzene rings is 1. The number of carbonyl (C=O) groups is 1. The van der Waals surface area contributed by atoms with Gasteiger partial charge in [0.1, 0.15) is 17.2 Å². The van der Waals surface area contributed by atoms with Crippen LogP contribution in [-0.4, -0.2) is 43.8 Å². The Morgan fingerprint density at radius 1 is 1.35 bits per heavy atom. The standard InChI is InChI=1S/C12H12BrF2NO3S/c1-16(8-2-3-20(18,19)6-8)12(17)11-9(14)4-7(13)5-10(11)15/h4-5,8H,2-3,6H2,1H3. The van der Waals surface area contributed by atoms with Crippen molar-refractivity contribution in [1.82, 2.24) is 4.90 Å². The smallest absolute Gasteiger partial charge is 0.259 e. The maximum absolute atomic E-state index is 13.7. The largest absolute Gasteiger partial charge is 0.337 e. The molecule has 0 N–H and O–H groups in total. The van der Waals surface area contributed by atoms with Crippen LogP contribution in [0.2, 0.25) is 0 Å². The van der Waals surface area contributed by atoms with Gasteiger partial charge < -0.3 is 4.90 Å². The van der Waals surface area contributed by atoms with Gasteiger partial charge in [0, 0.05) is 17.6 Å². The van der Waals surface area contributed by atoms with Gasteiger partial charge in [-0.25, -0.2) is 17.2 Å². The second-order valence-corrected chi connectivity index (χ2v) is 7.86. The van der Waals surface area contributed by atoms with E-state index in [9.17, 15) is 22.0 Å². The van der Waals surface area contributed by atoms with Crippen molar-refractivity contribution in [3.8, 4) is 0 Å². The fourth-order valence-electron chi connectivity index (χ4n) is 2.17. The summed E-state index contributed by atoms with van der Waals surface area (Å²) in [6.07, 6.45) is 0.282. The molecule has 0 spiro atoms. The van der Waals surface area contributed by atoms with E-state index in [1.165, 1.54) is 7.05 Å². The van der Waals surface area contributed by atoms with Crippen LogP contribution in [-0.2, 0) is 9.84 Å². The third-order valence-electron chi connectivity index (χ3n) is 3.30. The Morgan fingerprint density at radius 2 is 1.90 bits per heavy atom. The number of rotatable bonds is 2. The first kappa shape index (κ1) is 15.4. The summed E-state index contributed by atoms with van der Waals surface area (Å²) in [6, 6.07) is 1.44. The molecular weight excluding hydrogens is 356 g/mol. The lowest BCUT2D eigenvalue weighted by Gasteiger charge is -2.23. The molecule has 0 saturated carbocycles. The SMILES string of the molecule is CN(C(=O)c1c(F)cc(Br)cc1F)C1CCS(=O)(=O)C1. The van der Waals surface area contributed by atoms with Crippen LogP contribution < -0.4 is 0 Å². The Labute approximate surface area is 123 Å². The monoisotopic (exact) mass is 367 g/mol. The van der Waals surface area contributed by atoms with Crippen molar-refractivity contribution < 1.29 is 22.0 Å². The molecule has 0 aromatic heterocycles. The Bertz CT molecular complexity index is 640. The van der Waals surface area contributed by atoms with Crippen molar-refractivity contribution in [1.29, 1.82) is 0 Å². The van der Waals surface area contributed by atoms with E-state index in [4.69, 9.17) is 0 Å². The van der Waals surface area contributed by atoms with Crippen LogP contribution in [0.3, 0.4) is 0 Å². The topological polar surface area (TPSA) is 54.5 Å². The molecule has 1 amide bonds. The molecule has 1 aliphatic heterocycles. The van der Waals surface area contributed by atoms with Crippen molar-refractivity contribution in [2.45, 2.75) is 12.5 Å². The molecule has 1 aromatic carbocycles. The Kier molecular flexibility index (Phi) is 4.15. The molecule has 1 unspecified atom stereocenters. The van der Waals surface area contributed by atoms with Gasteiger partial charge in [-0.15, -0.1) is 0 Å². The molecule has 110 valence electrons. The number of sulfone groups is 1. The van der Waals surface area contributed by atoms with E-state index in [-0.39, 0.29) is 22.4 Å². The van der Waals surface area contributed by atoms with Crippen molar-refractivity contribution >= 4 is 31.7 Å². The summed E-state index contributed by atoms with van der Waals surface area (Å²) >= 11 is 2.93. The van der Waals surface area contributed by atoms with Crippen LogP contribution in [0.15, 0.2) is 16.6 Å². The van der Waals surface area contributed by atoms with Gasteiger partial charge in [0.25, 0.3) is 5.91 Å². The Balaban J connectivity index is 2.28. The molecule has 1 atom stereocenters. The van der Waals surface area contributed by atoms with Gasteiger partial charge in [-0.1, -0.05) is 15.9 Å². The molecular formula is C12H12BrF2NO3S. The van der Waals surface area contributed by atoms with E-state index in [1.54, 1.807) is 0 Å². The minimum atomic E-state index is -3.17. The van der Waals surface area contributed by atoms with E-state index in [2.05, 4.69) is 15.9 Å². The molecule has 4 nitrogen and oxygen atoms in total. The van der Waals surface area contributed by atoms with Crippen molar-refractivity contribution in [3.05, 3.63) is 33.8 Å². The first-order valence-corrected chi connectivity index (χ1v) is 8.45. The Hall–Kier alpha value is -1.02. The number of carbonyl (C=O) groups excluding carboxylic acids is 1. The molecule has 1 aromatic rings. The molecule has 1 heterocycles. The van der Waals surface area contributed by atoms with Crippen LogP contribution in [0.1, 0.15) is 16.8 Å². The third kappa shape index (κ3) is 3.01. The number of hydrogen-bond acceptors (Lipinski definition) is 3. The van der Waals surface area contributed by atoms with Crippen molar-refractivity contribution in [2.75, 3.05) is 18.6 Å². The minimum Gasteiger partial charge on any atom is -0.337 e.